The number of nitrogens with one attached hydrogen (secondary N) is 1. The lowest BCUT2D eigenvalue weighted by atomic mass is 10.1. The summed E-state index contributed by atoms with van der Waals surface area (Å²) in [6, 6.07) is 16.9. The molecular weight excluding hydrogens is 330 g/mol. The standard InChI is InChI=1S/C21H27NO4/c1-3-19(25-2)13-20(26-15-17-7-5-4-6-8-17)22-14-16-9-11-18(12-10-16)21(23)24/h4-12,19-20,22H,3,13-15H2,1-2H3,(H,23,24). The summed E-state index contributed by atoms with van der Waals surface area (Å²) in [5.41, 5.74) is 2.42. The molecule has 0 saturated carbocycles. The minimum atomic E-state index is -0.917. The van der Waals surface area contributed by atoms with Crippen LogP contribution in [0.25, 0.3) is 0 Å². The van der Waals surface area contributed by atoms with E-state index in [1.807, 2.05) is 42.5 Å². The fourth-order valence-electron chi connectivity index (χ4n) is 2.65. The Morgan fingerprint density at radius 1 is 1.08 bits per heavy atom. The highest BCUT2D eigenvalue weighted by molar-refractivity contribution is 5.87. The molecule has 2 N–H and O–H groups in total. The van der Waals surface area contributed by atoms with E-state index in [1.54, 1.807) is 19.2 Å². The predicted molar refractivity (Wildman–Crippen MR) is 101 cm³/mol. The normalized spacial score (nSPS) is 13.3. The summed E-state index contributed by atoms with van der Waals surface area (Å²) in [6.45, 7) is 3.21. The first-order valence-electron chi connectivity index (χ1n) is 8.86. The molecule has 5 heteroatoms. The molecule has 0 heterocycles. The number of hydrogen-bond donors (Lipinski definition) is 2. The van der Waals surface area contributed by atoms with Crippen molar-refractivity contribution in [1.82, 2.24) is 5.32 Å². The Labute approximate surface area is 155 Å². The molecule has 0 saturated heterocycles. The van der Waals surface area contributed by atoms with Gasteiger partial charge < -0.3 is 14.6 Å². The van der Waals surface area contributed by atoms with Crippen molar-refractivity contribution < 1.29 is 19.4 Å². The quantitative estimate of drug-likeness (QED) is 0.598. The summed E-state index contributed by atoms with van der Waals surface area (Å²) in [7, 11) is 1.72. The highest BCUT2D eigenvalue weighted by atomic mass is 16.5. The van der Waals surface area contributed by atoms with Gasteiger partial charge in [0.25, 0.3) is 0 Å². The van der Waals surface area contributed by atoms with E-state index in [4.69, 9.17) is 14.6 Å². The molecule has 0 amide bonds. The molecule has 0 bridgehead atoms. The van der Waals surface area contributed by atoms with Gasteiger partial charge in [-0.3, -0.25) is 5.32 Å². The molecule has 2 unspecified atom stereocenters. The molecule has 0 aliphatic carbocycles. The van der Waals surface area contributed by atoms with Crippen LogP contribution in [0.2, 0.25) is 0 Å². The Bertz CT molecular complexity index is 653. The zero-order chi connectivity index (χ0) is 18.8. The molecule has 2 aromatic rings. The van der Waals surface area contributed by atoms with Crippen LogP contribution in [0, 0.1) is 0 Å². The molecule has 2 rings (SSSR count). The van der Waals surface area contributed by atoms with Crippen molar-refractivity contribution in [3.63, 3.8) is 0 Å². The van der Waals surface area contributed by atoms with E-state index in [-0.39, 0.29) is 17.9 Å². The van der Waals surface area contributed by atoms with E-state index < -0.39 is 5.97 Å². The summed E-state index contributed by atoms with van der Waals surface area (Å²) in [5.74, 6) is -0.917. The molecular formula is C21H27NO4. The summed E-state index contributed by atoms with van der Waals surface area (Å²) < 4.78 is 11.6. The molecule has 0 spiro atoms. The fraction of sp³-hybridized carbons (Fsp3) is 0.381. The summed E-state index contributed by atoms with van der Waals surface area (Å²) in [5, 5.41) is 12.4. The molecule has 0 aliphatic heterocycles. The number of aromatic carboxylic acids is 1. The maximum atomic E-state index is 10.9. The minimum absolute atomic E-state index is 0.123. The third-order valence-corrected chi connectivity index (χ3v) is 4.29. The van der Waals surface area contributed by atoms with Crippen LogP contribution in [-0.2, 0) is 22.6 Å². The van der Waals surface area contributed by atoms with Crippen molar-refractivity contribution in [3.05, 3.63) is 71.3 Å². The number of ether oxygens (including phenoxy) is 2. The van der Waals surface area contributed by atoms with Gasteiger partial charge in [-0.2, -0.15) is 0 Å². The van der Waals surface area contributed by atoms with Gasteiger partial charge in [-0.15, -0.1) is 0 Å². The Balaban J connectivity index is 1.94. The van der Waals surface area contributed by atoms with Crippen molar-refractivity contribution in [2.24, 2.45) is 0 Å². The number of hydrogen-bond acceptors (Lipinski definition) is 4. The lowest BCUT2D eigenvalue weighted by molar-refractivity contribution is -0.0277. The maximum Gasteiger partial charge on any atom is 0.335 e. The fourth-order valence-corrected chi connectivity index (χ4v) is 2.65. The second kappa shape index (κ2) is 10.7. The van der Waals surface area contributed by atoms with Gasteiger partial charge in [-0.05, 0) is 29.7 Å². The molecule has 5 nitrogen and oxygen atoms in total. The average molecular weight is 357 g/mol. The van der Waals surface area contributed by atoms with Crippen LogP contribution in [0.5, 0.6) is 0 Å². The van der Waals surface area contributed by atoms with Gasteiger partial charge in [0.05, 0.1) is 18.3 Å². The molecule has 26 heavy (non-hydrogen) atoms. The van der Waals surface area contributed by atoms with Crippen molar-refractivity contribution in [2.45, 2.75) is 45.2 Å². The third-order valence-electron chi connectivity index (χ3n) is 4.29. The van der Waals surface area contributed by atoms with Crippen LogP contribution in [0.4, 0.5) is 0 Å². The Morgan fingerprint density at radius 3 is 2.35 bits per heavy atom. The lowest BCUT2D eigenvalue weighted by Crippen LogP contribution is -2.35. The molecule has 0 radical (unpaired) electrons. The zero-order valence-electron chi connectivity index (χ0n) is 15.4. The maximum absolute atomic E-state index is 10.9. The van der Waals surface area contributed by atoms with Gasteiger partial charge in [0.2, 0.25) is 0 Å². The van der Waals surface area contributed by atoms with Crippen LogP contribution >= 0.6 is 0 Å². The third kappa shape index (κ3) is 6.59. The first-order chi connectivity index (χ1) is 12.6. The van der Waals surface area contributed by atoms with Crippen LogP contribution in [0.15, 0.2) is 54.6 Å². The number of carbonyl (C=O) groups is 1. The van der Waals surface area contributed by atoms with E-state index >= 15 is 0 Å². The van der Waals surface area contributed by atoms with Crippen LogP contribution in [0.1, 0.15) is 41.3 Å². The Morgan fingerprint density at radius 2 is 1.77 bits per heavy atom. The highest BCUT2D eigenvalue weighted by Gasteiger charge is 2.15. The van der Waals surface area contributed by atoms with E-state index in [2.05, 4.69) is 12.2 Å². The molecule has 2 aromatic carbocycles. The van der Waals surface area contributed by atoms with Gasteiger partial charge in [0.1, 0.15) is 6.23 Å². The largest absolute Gasteiger partial charge is 0.478 e. The number of rotatable bonds is 11. The second-order valence-electron chi connectivity index (χ2n) is 6.17. The van der Waals surface area contributed by atoms with Gasteiger partial charge in [-0.1, -0.05) is 49.4 Å². The van der Waals surface area contributed by atoms with Crippen molar-refractivity contribution in [2.75, 3.05) is 7.11 Å². The first kappa shape index (κ1) is 20.1. The molecule has 0 fully saturated rings. The molecule has 0 aliphatic rings. The number of benzene rings is 2. The predicted octanol–water partition coefficient (Wildman–Crippen LogP) is 3.83. The van der Waals surface area contributed by atoms with Crippen LogP contribution in [0.3, 0.4) is 0 Å². The van der Waals surface area contributed by atoms with Crippen molar-refractivity contribution >= 4 is 5.97 Å². The van der Waals surface area contributed by atoms with E-state index in [0.29, 0.717) is 13.2 Å². The van der Waals surface area contributed by atoms with E-state index in [0.717, 1.165) is 24.0 Å². The Kier molecular flexibility index (Phi) is 8.28. The summed E-state index contributed by atoms with van der Waals surface area (Å²) >= 11 is 0. The monoisotopic (exact) mass is 357 g/mol. The summed E-state index contributed by atoms with van der Waals surface area (Å²) in [6.07, 6.45) is 1.63. The van der Waals surface area contributed by atoms with Crippen LogP contribution < -0.4 is 5.32 Å². The van der Waals surface area contributed by atoms with Gasteiger partial charge >= 0.3 is 5.97 Å². The molecule has 2 atom stereocenters. The van der Waals surface area contributed by atoms with Gasteiger partial charge in [0.15, 0.2) is 0 Å². The first-order valence-corrected chi connectivity index (χ1v) is 8.86. The van der Waals surface area contributed by atoms with E-state index in [1.165, 1.54) is 0 Å². The number of methoxy groups -OCH3 is 1. The highest BCUT2D eigenvalue weighted by Crippen LogP contribution is 2.12. The topological polar surface area (TPSA) is 67.8 Å². The van der Waals surface area contributed by atoms with Gasteiger partial charge in [-0.25, -0.2) is 4.79 Å². The molecule has 0 aromatic heterocycles. The zero-order valence-corrected chi connectivity index (χ0v) is 15.4. The lowest BCUT2D eigenvalue weighted by Gasteiger charge is -2.24. The van der Waals surface area contributed by atoms with Crippen LogP contribution in [-0.4, -0.2) is 30.5 Å². The summed E-state index contributed by atoms with van der Waals surface area (Å²) in [4.78, 5) is 10.9. The number of carboxylic acids is 1. The number of carboxylic acid groups (broad SMARTS) is 1. The minimum Gasteiger partial charge on any atom is -0.478 e. The van der Waals surface area contributed by atoms with Gasteiger partial charge in [0, 0.05) is 20.1 Å². The second-order valence-corrected chi connectivity index (χ2v) is 6.17. The van der Waals surface area contributed by atoms with Crippen molar-refractivity contribution in [3.8, 4) is 0 Å². The SMILES string of the molecule is CCC(CC(NCc1ccc(C(=O)O)cc1)OCc1ccccc1)OC. The average Bonchev–Trinajstić information content (AvgIpc) is 2.68. The molecule has 140 valence electrons. The van der Waals surface area contributed by atoms with Crippen molar-refractivity contribution in [1.29, 1.82) is 0 Å². The smallest absolute Gasteiger partial charge is 0.335 e. The Hall–Kier alpha value is -2.21. The van der Waals surface area contributed by atoms with E-state index in [9.17, 15) is 4.79 Å².